The van der Waals surface area contributed by atoms with Gasteiger partial charge in [-0.3, -0.25) is 0 Å². The van der Waals surface area contributed by atoms with Gasteiger partial charge >= 0.3 is 18.0 Å². The van der Waals surface area contributed by atoms with Crippen LogP contribution in [0.3, 0.4) is 0 Å². The van der Waals surface area contributed by atoms with E-state index in [2.05, 4.69) is 10.1 Å². The summed E-state index contributed by atoms with van der Waals surface area (Å²) < 4.78 is 9.71. The van der Waals surface area contributed by atoms with Crippen LogP contribution in [0, 0.1) is 0 Å². The Morgan fingerprint density at radius 2 is 2.20 bits per heavy atom. The molecule has 1 aliphatic rings. The summed E-state index contributed by atoms with van der Waals surface area (Å²) in [5.74, 6) is -1.89. The van der Waals surface area contributed by atoms with Crippen LogP contribution in [-0.4, -0.2) is 78.6 Å². The van der Waals surface area contributed by atoms with E-state index in [9.17, 15) is 14.4 Å². The average molecular weight is 290 g/mol. The van der Waals surface area contributed by atoms with Crippen LogP contribution in [0.4, 0.5) is 4.79 Å². The van der Waals surface area contributed by atoms with E-state index in [-0.39, 0.29) is 26.1 Å². The van der Waals surface area contributed by atoms with E-state index < -0.39 is 30.2 Å². The molecular formula is C11H18N2O7. The first kappa shape index (κ1) is 16.2. The van der Waals surface area contributed by atoms with Crippen molar-refractivity contribution in [2.75, 3.05) is 33.4 Å². The Bertz CT molecular complexity index is 374. The zero-order valence-corrected chi connectivity index (χ0v) is 11.1. The maximum Gasteiger partial charge on any atom is 0.336 e. The molecule has 9 nitrogen and oxygen atoms in total. The normalized spacial score (nSPS) is 20.1. The number of aliphatic hydroxyl groups excluding tert-OH is 1. The smallest absolute Gasteiger partial charge is 0.336 e. The van der Waals surface area contributed by atoms with Crippen molar-refractivity contribution in [1.29, 1.82) is 0 Å². The zero-order chi connectivity index (χ0) is 15.1. The number of methoxy groups -OCH3 is 1. The minimum absolute atomic E-state index is 0.0204. The quantitative estimate of drug-likeness (QED) is 0.521. The number of carbonyl (C=O) groups excluding carboxylic acids is 2. The molecule has 1 aliphatic heterocycles. The third-order valence-electron chi connectivity index (χ3n) is 2.80. The second-order valence-corrected chi connectivity index (χ2v) is 4.20. The second-order valence-electron chi connectivity index (χ2n) is 4.20. The Balaban J connectivity index is 2.35. The number of amides is 2. The number of carboxylic acid groups (broad SMARTS) is 1. The summed E-state index contributed by atoms with van der Waals surface area (Å²) in [4.78, 5) is 34.9. The molecule has 0 spiro atoms. The third kappa shape index (κ3) is 4.67. The van der Waals surface area contributed by atoms with E-state index in [1.165, 1.54) is 12.0 Å². The fourth-order valence-corrected chi connectivity index (χ4v) is 1.66. The number of aliphatic hydroxyl groups is 1. The van der Waals surface area contributed by atoms with Crippen LogP contribution in [0.15, 0.2) is 0 Å². The molecule has 1 rings (SSSR count). The lowest BCUT2D eigenvalue weighted by molar-refractivity contribution is -0.158. The fourth-order valence-electron chi connectivity index (χ4n) is 1.66. The molecule has 0 aromatic rings. The largest absolute Gasteiger partial charge is 0.479 e. The van der Waals surface area contributed by atoms with E-state index >= 15 is 0 Å². The lowest BCUT2D eigenvalue weighted by atomic mass is 10.2. The van der Waals surface area contributed by atoms with Crippen LogP contribution in [0.25, 0.3) is 0 Å². The molecular weight excluding hydrogens is 272 g/mol. The maximum atomic E-state index is 11.8. The molecule has 2 atom stereocenters. The molecule has 3 N–H and O–H groups in total. The first-order chi connectivity index (χ1) is 9.45. The summed E-state index contributed by atoms with van der Waals surface area (Å²) >= 11 is 0. The van der Waals surface area contributed by atoms with Gasteiger partial charge in [0, 0.05) is 19.5 Å². The van der Waals surface area contributed by atoms with Crippen molar-refractivity contribution in [2.24, 2.45) is 0 Å². The van der Waals surface area contributed by atoms with Crippen molar-refractivity contribution >= 4 is 18.0 Å². The van der Waals surface area contributed by atoms with Crippen LogP contribution in [-0.2, 0) is 19.1 Å². The molecule has 2 unspecified atom stereocenters. The predicted octanol–water partition coefficient (Wildman–Crippen LogP) is -1.59. The van der Waals surface area contributed by atoms with Crippen LogP contribution in [0.2, 0.25) is 0 Å². The van der Waals surface area contributed by atoms with Gasteiger partial charge in [0.2, 0.25) is 0 Å². The van der Waals surface area contributed by atoms with E-state index in [1.807, 2.05) is 0 Å². The van der Waals surface area contributed by atoms with E-state index in [1.54, 1.807) is 0 Å². The number of nitrogens with zero attached hydrogens (tertiary/aromatic N) is 1. The molecule has 0 saturated carbocycles. The summed E-state index contributed by atoms with van der Waals surface area (Å²) in [6, 6.07) is -0.445. The number of ether oxygens (including phenoxy) is 2. The maximum absolute atomic E-state index is 11.8. The van der Waals surface area contributed by atoms with Gasteiger partial charge in [-0.2, -0.15) is 0 Å². The lowest BCUT2D eigenvalue weighted by Gasteiger charge is -2.31. The van der Waals surface area contributed by atoms with Gasteiger partial charge in [0.25, 0.3) is 0 Å². The van der Waals surface area contributed by atoms with Gasteiger partial charge in [-0.05, 0) is 0 Å². The number of nitrogens with one attached hydrogen (secondary N) is 1. The number of aliphatic carboxylic acids is 1. The molecule has 1 fully saturated rings. The molecule has 2 amide bonds. The van der Waals surface area contributed by atoms with Crippen molar-refractivity contribution < 1.29 is 34.1 Å². The summed E-state index contributed by atoms with van der Waals surface area (Å²) in [7, 11) is 1.23. The number of morpholine rings is 1. The molecule has 0 aliphatic carbocycles. The van der Waals surface area contributed by atoms with Gasteiger partial charge in [-0.15, -0.1) is 0 Å². The van der Waals surface area contributed by atoms with Crippen molar-refractivity contribution in [1.82, 2.24) is 10.2 Å². The Morgan fingerprint density at radius 1 is 1.50 bits per heavy atom. The minimum Gasteiger partial charge on any atom is -0.479 e. The average Bonchev–Trinajstić information content (AvgIpc) is 2.46. The molecule has 1 saturated heterocycles. The Morgan fingerprint density at radius 3 is 2.80 bits per heavy atom. The number of carboxylic acids is 1. The summed E-state index contributed by atoms with van der Waals surface area (Å²) in [6.45, 7) is 0.623. The molecule has 20 heavy (non-hydrogen) atoms. The highest BCUT2D eigenvalue weighted by Crippen LogP contribution is 2.07. The SMILES string of the molecule is COC(=O)C1CN(C(=O)NCCC(O)C(=O)O)CCO1. The first-order valence-corrected chi connectivity index (χ1v) is 6.08. The Hall–Kier alpha value is -1.87. The number of esters is 1. The first-order valence-electron chi connectivity index (χ1n) is 6.08. The van der Waals surface area contributed by atoms with E-state index in [4.69, 9.17) is 14.9 Å². The van der Waals surface area contributed by atoms with Gasteiger partial charge in [0.05, 0.1) is 20.3 Å². The van der Waals surface area contributed by atoms with Crippen LogP contribution in [0.1, 0.15) is 6.42 Å². The highest BCUT2D eigenvalue weighted by Gasteiger charge is 2.29. The molecule has 9 heteroatoms. The highest BCUT2D eigenvalue weighted by molar-refractivity contribution is 5.78. The van der Waals surface area contributed by atoms with Crippen LogP contribution in [0.5, 0.6) is 0 Å². The van der Waals surface area contributed by atoms with Crippen molar-refractivity contribution in [3.63, 3.8) is 0 Å². The molecule has 0 radical (unpaired) electrons. The van der Waals surface area contributed by atoms with E-state index in [0.717, 1.165) is 0 Å². The van der Waals surface area contributed by atoms with Crippen molar-refractivity contribution in [3.05, 3.63) is 0 Å². The molecule has 0 bridgehead atoms. The van der Waals surface area contributed by atoms with Crippen LogP contribution >= 0.6 is 0 Å². The molecule has 1 heterocycles. The van der Waals surface area contributed by atoms with Crippen molar-refractivity contribution in [3.8, 4) is 0 Å². The number of carbonyl (C=O) groups is 3. The Labute approximate surface area is 115 Å². The third-order valence-corrected chi connectivity index (χ3v) is 2.80. The van der Waals surface area contributed by atoms with Gasteiger partial charge in [-0.1, -0.05) is 0 Å². The molecule has 0 aromatic heterocycles. The number of hydrogen-bond acceptors (Lipinski definition) is 6. The molecule has 0 aromatic carbocycles. The predicted molar refractivity (Wildman–Crippen MR) is 65.0 cm³/mol. The number of hydrogen-bond donors (Lipinski definition) is 3. The summed E-state index contributed by atoms with van der Waals surface area (Å²) in [5.41, 5.74) is 0. The lowest BCUT2D eigenvalue weighted by Crippen LogP contribution is -2.52. The number of rotatable bonds is 5. The highest BCUT2D eigenvalue weighted by atomic mass is 16.6. The second kappa shape index (κ2) is 7.65. The van der Waals surface area contributed by atoms with Gasteiger partial charge in [0.1, 0.15) is 0 Å². The van der Waals surface area contributed by atoms with Crippen LogP contribution < -0.4 is 5.32 Å². The van der Waals surface area contributed by atoms with Crippen molar-refractivity contribution in [2.45, 2.75) is 18.6 Å². The van der Waals surface area contributed by atoms with Gasteiger partial charge in [0.15, 0.2) is 12.2 Å². The summed E-state index contributed by atoms with van der Waals surface area (Å²) in [6.07, 6.45) is -2.42. The number of urea groups is 1. The monoisotopic (exact) mass is 290 g/mol. The van der Waals surface area contributed by atoms with Gasteiger partial charge in [-0.25, -0.2) is 14.4 Å². The zero-order valence-electron chi connectivity index (χ0n) is 11.1. The molecule has 114 valence electrons. The summed E-state index contributed by atoms with van der Waals surface area (Å²) in [5, 5.41) is 20.0. The van der Waals surface area contributed by atoms with E-state index in [0.29, 0.717) is 6.54 Å². The minimum atomic E-state index is -1.51. The van der Waals surface area contributed by atoms with Gasteiger partial charge < -0.3 is 29.9 Å². The standard InChI is InChI=1S/C11H18N2O7/c1-19-10(17)8-6-13(4-5-20-8)11(18)12-3-2-7(14)9(15)16/h7-8,14H,2-6H2,1H3,(H,12,18)(H,15,16). The fraction of sp³-hybridized carbons (Fsp3) is 0.727. The Kier molecular flexibility index (Phi) is 6.19. The topological polar surface area (TPSA) is 125 Å².